The van der Waals surface area contributed by atoms with Gasteiger partial charge >= 0.3 is 5.97 Å². The molecule has 33 heavy (non-hydrogen) atoms. The van der Waals surface area contributed by atoms with Gasteiger partial charge in [0.1, 0.15) is 11.5 Å². The van der Waals surface area contributed by atoms with Gasteiger partial charge in [0, 0.05) is 44.4 Å². The highest BCUT2D eigenvalue weighted by atomic mass is 16.5. The van der Waals surface area contributed by atoms with Gasteiger partial charge in [0.05, 0.1) is 19.2 Å². The molecule has 2 aromatic carbocycles. The topological polar surface area (TPSA) is 84.9 Å². The first kappa shape index (κ1) is 22.3. The summed E-state index contributed by atoms with van der Waals surface area (Å²) in [5.74, 6) is 1.78. The predicted molar refractivity (Wildman–Crippen MR) is 124 cm³/mol. The van der Waals surface area contributed by atoms with Crippen LogP contribution in [0.4, 0.5) is 5.95 Å². The zero-order valence-corrected chi connectivity index (χ0v) is 18.5. The van der Waals surface area contributed by atoms with Crippen molar-refractivity contribution in [2.75, 3.05) is 38.2 Å². The Morgan fingerprint density at radius 2 is 1.58 bits per heavy atom. The molecule has 0 radical (unpaired) electrons. The molecule has 3 aromatic rings. The normalized spacial score (nSPS) is 13.5. The molecular weight excluding hydrogens is 420 g/mol. The first-order valence-corrected chi connectivity index (χ1v) is 10.9. The number of para-hydroxylation sites is 1. The van der Waals surface area contributed by atoms with E-state index in [1.54, 1.807) is 11.1 Å². The van der Waals surface area contributed by atoms with E-state index in [1.165, 1.54) is 7.11 Å². The van der Waals surface area contributed by atoms with E-state index in [-0.39, 0.29) is 24.7 Å². The maximum Gasteiger partial charge on any atom is 0.306 e. The molecule has 0 spiro atoms. The highest BCUT2D eigenvalue weighted by molar-refractivity contribution is 5.81. The van der Waals surface area contributed by atoms with Gasteiger partial charge in [-0.25, -0.2) is 9.97 Å². The van der Waals surface area contributed by atoms with Crippen molar-refractivity contribution in [3.8, 4) is 22.8 Å². The van der Waals surface area contributed by atoms with E-state index in [1.807, 2.05) is 60.7 Å². The fraction of sp³-hybridized carbons (Fsp3) is 0.280. The Morgan fingerprint density at radius 1 is 0.879 bits per heavy atom. The Balaban J connectivity index is 1.35. The Morgan fingerprint density at radius 3 is 2.27 bits per heavy atom. The number of aromatic nitrogens is 2. The molecule has 1 saturated heterocycles. The summed E-state index contributed by atoms with van der Waals surface area (Å²) in [4.78, 5) is 36.6. The SMILES string of the molecule is COC(=O)CCC(=O)N1CCN(c2nccc(-c3ccc(Oc4ccccc4)cc3)n2)CC1. The van der Waals surface area contributed by atoms with E-state index in [9.17, 15) is 9.59 Å². The molecule has 8 nitrogen and oxygen atoms in total. The lowest BCUT2D eigenvalue weighted by Gasteiger charge is -2.34. The van der Waals surface area contributed by atoms with Gasteiger partial charge in [0.2, 0.25) is 11.9 Å². The second-order valence-electron chi connectivity index (χ2n) is 7.63. The molecule has 0 saturated carbocycles. The van der Waals surface area contributed by atoms with Crippen molar-refractivity contribution in [2.45, 2.75) is 12.8 Å². The number of hydrogen-bond acceptors (Lipinski definition) is 7. The molecule has 2 heterocycles. The number of carbonyl (C=O) groups is 2. The van der Waals surface area contributed by atoms with Gasteiger partial charge in [-0.2, -0.15) is 0 Å². The number of amides is 1. The molecule has 0 unspecified atom stereocenters. The lowest BCUT2D eigenvalue weighted by Crippen LogP contribution is -2.49. The Hall–Kier alpha value is -3.94. The number of rotatable bonds is 7. The second-order valence-corrected chi connectivity index (χ2v) is 7.63. The van der Waals surface area contributed by atoms with Gasteiger partial charge in [-0.05, 0) is 42.5 Å². The number of methoxy groups -OCH3 is 1. The van der Waals surface area contributed by atoms with Crippen LogP contribution in [0.25, 0.3) is 11.3 Å². The first-order chi connectivity index (χ1) is 16.1. The number of ether oxygens (including phenoxy) is 2. The quantitative estimate of drug-likeness (QED) is 0.513. The van der Waals surface area contributed by atoms with Crippen LogP contribution in [-0.4, -0.2) is 60.0 Å². The van der Waals surface area contributed by atoms with Gasteiger partial charge in [0.15, 0.2) is 0 Å². The number of esters is 1. The van der Waals surface area contributed by atoms with Crippen LogP contribution in [-0.2, 0) is 14.3 Å². The second kappa shape index (κ2) is 10.6. The smallest absolute Gasteiger partial charge is 0.306 e. The molecule has 4 rings (SSSR count). The van der Waals surface area contributed by atoms with Crippen molar-refractivity contribution in [1.82, 2.24) is 14.9 Å². The van der Waals surface area contributed by atoms with Crippen molar-refractivity contribution >= 4 is 17.8 Å². The fourth-order valence-corrected chi connectivity index (χ4v) is 3.60. The fourth-order valence-electron chi connectivity index (χ4n) is 3.60. The maximum absolute atomic E-state index is 12.3. The van der Waals surface area contributed by atoms with Gasteiger partial charge in [-0.3, -0.25) is 9.59 Å². The molecule has 1 fully saturated rings. The summed E-state index contributed by atoms with van der Waals surface area (Å²) in [5, 5.41) is 0. The Labute approximate surface area is 192 Å². The van der Waals surface area contributed by atoms with Crippen molar-refractivity contribution in [2.24, 2.45) is 0 Å². The molecule has 0 N–H and O–H groups in total. The number of piperazine rings is 1. The minimum atomic E-state index is -0.369. The predicted octanol–water partition coefficient (Wildman–Crippen LogP) is 3.54. The van der Waals surface area contributed by atoms with E-state index < -0.39 is 0 Å². The van der Waals surface area contributed by atoms with Crippen LogP contribution < -0.4 is 9.64 Å². The molecule has 0 atom stereocenters. The monoisotopic (exact) mass is 446 g/mol. The van der Waals surface area contributed by atoms with Crippen LogP contribution in [0, 0.1) is 0 Å². The van der Waals surface area contributed by atoms with E-state index in [2.05, 4.69) is 14.6 Å². The molecule has 1 aliphatic rings. The molecule has 1 aliphatic heterocycles. The summed E-state index contributed by atoms with van der Waals surface area (Å²) >= 11 is 0. The summed E-state index contributed by atoms with van der Waals surface area (Å²) in [6.07, 6.45) is 2.03. The average Bonchev–Trinajstić information content (AvgIpc) is 2.88. The van der Waals surface area contributed by atoms with E-state index in [4.69, 9.17) is 9.72 Å². The van der Waals surface area contributed by atoms with Crippen LogP contribution in [0.3, 0.4) is 0 Å². The van der Waals surface area contributed by atoms with Crippen LogP contribution in [0.5, 0.6) is 11.5 Å². The third-order valence-corrected chi connectivity index (χ3v) is 5.46. The van der Waals surface area contributed by atoms with E-state index in [0.29, 0.717) is 32.1 Å². The standard InChI is InChI=1S/C25H26N4O4/c1-32-24(31)12-11-23(30)28-15-17-29(18-16-28)25-26-14-13-22(27-25)19-7-9-21(10-8-19)33-20-5-3-2-4-6-20/h2-10,13-14H,11-12,15-18H2,1H3. The van der Waals surface area contributed by atoms with Gasteiger partial charge < -0.3 is 19.3 Å². The molecule has 0 bridgehead atoms. The highest BCUT2D eigenvalue weighted by Crippen LogP contribution is 2.25. The van der Waals surface area contributed by atoms with Gasteiger partial charge in [-0.15, -0.1) is 0 Å². The zero-order valence-electron chi connectivity index (χ0n) is 18.5. The summed E-state index contributed by atoms with van der Waals surface area (Å²) in [6, 6.07) is 19.3. The van der Waals surface area contributed by atoms with E-state index in [0.717, 1.165) is 22.8 Å². The average molecular weight is 447 g/mol. The number of hydrogen-bond donors (Lipinski definition) is 0. The maximum atomic E-state index is 12.3. The molecule has 0 aliphatic carbocycles. The zero-order chi connectivity index (χ0) is 23.0. The van der Waals surface area contributed by atoms with Crippen LogP contribution >= 0.6 is 0 Å². The molecule has 1 aromatic heterocycles. The number of carbonyl (C=O) groups excluding carboxylic acids is 2. The van der Waals surface area contributed by atoms with Crippen molar-refractivity contribution < 1.29 is 19.1 Å². The Kier molecular flexibility index (Phi) is 7.14. The van der Waals surface area contributed by atoms with Crippen molar-refractivity contribution in [3.63, 3.8) is 0 Å². The largest absolute Gasteiger partial charge is 0.469 e. The third kappa shape index (κ3) is 5.85. The molecule has 1 amide bonds. The molecule has 170 valence electrons. The van der Waals surface area contributed by atoms with Crippen molar-refractivity contribution in [1.29, 1.82) is 0 Å². The summed E-state index contributed by atoms with van der Waals surface area (Å²) < 4.78 is 10.5. The third-order valence-electron chi connectivity index (χ3n) is 5.46. The van der Waals surface area contributed by atoms with Crippen LogP contribution in [0.2, 0.25) is 0 Å². The number of anilines is 1. The summed E-state index contributed by atoms with van der Waals surface area (Å²) in [6.45, 7) is 2.41. The molecular formula is C25H26N4O4. The van der Waals surface area contributed by atoms with Gasteiger partial charge in [0.25, 0.3) is 0 Å². The molecule has 8 heteroatoms. The number of benzene rings is 2. The first-order valence-electron chi connectivity index (χ1n) is 10.9. The van der Waals surface area contributed by atoms with Crippen LogP contribution in [0.1, 0.15) is 12.8 Å². The highest BCUT2D eigenvalue weighted by Gasteiger charge is 2.23. The lowest BCUT2D eigenvalue weighted by atomic mass is 10.1. The van der Waals surface area contributed by atoms with Gasteiger partial charge in [-0.1, -0.05) is 18.2 Å². The Bertz CT molecular complexity index is 1080. The summed E-state index contributed by atoms with van der Waals surface area (Å²) in [7, 11) is 1.33. The minimum Gasteiger partial charge on any atom is -0.469 e. The van der Waals surface area contributed by atoms with Crippen LogP contribution in [0.15, 0.2) is 66.9 Å². The minimum absolute atomic E-state index is 0.0347. The van der Waals surface area contributed by atoms with Crippen molar-refractivity contribution in [3.05, 3.63) is 66.9 Å². The van der Waals surface area contributed by atoms with E-state index >= 15 is 0 Å². The summed E-state index contributed by atoms with van der Waals surface area (Å²) in [5.41, 5.74) is 1.79. The number of nitrogens with zero attached hydrogens (tertiary/aromatic N) is 4. The lowest BCUT2D eigenvalue weighted by molar-refractivity contribution is -0.143.